The van der Waals surface area contributed by atoms with Crippen LogP contribution in [0, 0.1) is 6.92 Å². The van der Waals surface area contributed by atoms with Gasteiger partial charge in [-0.1, -0.05) is 6.07 Å². The first-order valence-electron chi connectivity index (χ1n) is 6.91. The molecule has 4 heteroatoms. The van der Waals surface area contributed by atoms with Crippen LogP contribution in [0.25, 0.3) is 10.8 Å². The summed E-state index contributed by atoms with van der Waals surface area (Å²) >= 11 is 0. The summed E-state index contributed by atoms with van der Waals surface area (Å²) in [6.07, 6.45) is 3.61. The third-order valence-corrected chi connectivity index (χ3v) is 3.59. The summed E-state index contributed by atoms with van der Waals surface area (Å²) in [7, 11) is 2.06. The van der Waals surface area contributed by atoms with Crippen molar-refractivity contribution in [3.05, 3.63) is 60.2 Å². The van der Waals surface area contributed by atoms with Crippen LogP contribution in [0.4, 0.5) is 11.4 Å². The fourth-order valence-corrected chi connectivity index (χ4v) is 2.54. The minimum Gasteiger partial charge on any atom is -0.398 e. The predicted molar refractivity (Wildman–Crippen MR) is 87.2 cm³/mol. The Balaban J connectivity index is 1.98. The first kappa shape index (κ1) is 13.4. The van der Waals surface area contributed by atoms with Gasteiger partial charge in [-0.05, 0) is 37.3 Å². The van der Waals surface area contributed by atoms with Gasteiger partial charge in [-0.25, -0.2) is 0 Å². The molecule has 3 rings (SSSR count). The van der Waals surface area contributed by atoms with Crippen LogP contribution in [0.2, 0.25) is 0 Å². The Labute approximate surface area is 124 Å². The molecular formula is C17H18N4. The van der Waals surface area contributed by atoms with Gasteiger partial charge in [0, 0.05) is 47.3 Å². The number of rotatable bonds is 3. The maximum Gasteiger partial charge on any atom is 0.0600 e. The van der Waals surface area contributed by atoms with Crippen molar-refractivity contribution in [2.45, 2.75) is 13.5 Å². The molecule has 0 atom stereocenters. The maximum absolute atomic E-state index is 6.03. The molecule has 106 valence electrons. The van der Waals surface area contributed by atoms with Crippen molar-refractivity contribution >= 4 is 22.1 Å². The van der Waals surface area contributed by atoms with E-state index in [-0.39, 0.29) is 0 Å². The van der Waals surface area contributed by atoms with E-state index < -0.39 is 0 Å². The van der Waals surface area contributed by atoms with Crippen LogP contribution in [0.15, 0.2) is 48.8 Å². The van der Waals surface area contributed by atoms with Crippen LogP contribution >= 0.6 is 0 Å². The molecule has 0 aliphatic rings. The number of pyridine rings is 2. The third-order valence-electron chi connectivity index (χ3n) is 3.59. The van der Waals surface area contributed by atoms with Gasteiger partial charge in [-0.2, -0.15) is 0 Å². The molecule has 0 unspecified atom stereocenters. The van der Waals surface area contributed by atoms with E-state index in [1.54, 1.807) is 6.20 Å². The van der Waals surface area contributed by atoms with E-state index in [1.807, 2.05) is 49.5 Å². The lowest BCUT2D eigenvalue weighted by Crippen LogP contribution is -2.17. The minimum absolute atomic E-state index is 0.753. The molecule has 0 spiro atoms. The van der Waals surface area contributed by atoms with Gasteiger partial charge < -0.3 is 10.6 Å². The molecule has 4 nitrogen and oxygen atoms in total. The van der Waals surface area contributed by atoms with E-state index >= 15 is 0 Å². The lowest BCUT2D eigenvalue weighted by atomic mass is 10.1. The fraction of sp³-hybridized carbons (Fsp3) is 0.176. The van der Waals surface area contributed by atoms with Gasteiger partial charge in [0.25, 0.3) is 0 Å². The van der Waals surface area contributed by atoms with Crippen LogP contribution in [0.1, 0.15) is 11.4 Å². The Morgan fingerprint density at radius 1 is 1.10 bits per heavy atom. The van der Waals surface area contributed by atoms with E-state index in [9.17, 15) is 0 Å². The van der Waals surface area contributed by atoms with Gasteiger partial charge >= 0.3 is 0 Å². The quantitative estimate of drug-likeness (QED) is 0.748. The zero-order chi connectivity index (χ0) is 14.8. The largest absolute Gasteiger partial charge is 0.398 e. The number of fused-ring (bicyclic) bond motifs is 1. The number of hydrogen-bond acceptors (Lipinski definition) is 4. The van der Waals surface area contributed by atoms with Crippen molar-refractivity contribution in [3.63, 3.8) is 0 Å². The molecule has 1 aromatic carbocycles. The lowest BCUT2D eigenvalue weighted by molar-refractivity contribution is 0.880. The highest BCUT2D eigenvalue weighted by Gasteiger charge is 2.09. The molecular weight excluding hydrogens is 260 g/mol. The van der Waals surface area contributed by atoms with E-state index in [2.05, 4.69) is 21.9 Å². The number of aromatic nitrogens is 2. The average molecular weight is 278 g/mol. The first-order valence-corrected chi connectivity index (χ1v) is 6.91. The Morgan fingerprint density at radius 2 is 1.95 bits per heavy atom. The second-order valence-electron chi connectivity index (χ2n) is 5.22. The zero-order valence-electron chi connectivity index (χ0n) is 12.2. The molecule has 0 amide bonds. The first-order chi connectivity index (χ1) is 10.1. The van der Waals surface area contributed by atoms with Gasteiger partial charge in [0.05, 0.1) is 12.2 Å². The zero-order valence-corrected chi connectivity index (χ0v) is 12.2. The van der Waals surface area contributed by atoms with E-state index in [0.717, 1.165) is 40.1 Å². The van der Waals surface area contributed by atoms with Crippen molar-refractivity contribution in [3.8, 4) is 0 Å². The molecule has 2 aromatic heterocycles. The fourth-order valence-electron chi connectivity index (χ4n) is 2.54. The number of nitrogen functional groups attached to an aromatic ring is 1. The molecule has 0 saturated carbocycles. The second-order valence-corrected chi connectivity index (χ2v) is 5.22. The van der Waals surface area contributed by atoms with Crippen LogP contribution in [0.5, 0.6) is 0 Å². The monoisotopic (exact) mass is 278 g/mol. The van der Waals surface area contributed by atoms with Gasteiger partial charge in [0.2, 0.25) is 0 Å². The molecule has 0 bridgehead atoms. The molecule has 0 radical (unpaired) electrons. The Morgan fingerprint density at radius 3 is 2.76 bits per heavy atom. The van der Waals surface area contributed by atoms with E-state index in [4.69, 9.17) is 5.73 Å². The molecule has 0 aliphatic carbocycles. The number of aryl methyl sites for hydroxylation is 1. The lowest BCUT2D eigenvalue weighted by Gasteiger charge is -2.21. The number of benzene rings is 1. The van der Waals surface area contributed by atoms with Crippen LogP contribution in [-0.4, -0.2) is 17.0 Å². The standard InChI is InChI=1S/C17H18N4/c1-12-4-3-5-13(20-12)11-21(2)17-7-6-16(18)15-10-19-9-8-14(15)17/h3-10H,11,18H2,1-2H3. The highest BCUT2D eigenvalue weighted by molar-refractivity contribution is 6.00. The van der Waals surface area contributed by atoms with Gasteiger partial charge in [0.1, 0.15) is 0 Å². The summed E-state index contributed by atoms with van der Waals surface area (Å²) in [4.78, 5) is 10.9. The molecule has 3 aromatic rings. The Bertz CT molecular complexity index is 783. The SMILES string of the molecule is Cc1cccc(CN(C)c2ccc(N)c3cnccc23)n1. The molecule has 2 heterocycles. The van der Waals surface area contributed by atoms with Gasteiger partial charge in [-0.15, -0.1) is 0 Å². The minimum atomic E-state index is 0.753. The highest BCUT2D eigenvalue weighted by atomic mass is 15.1. The average Bonchev–Trinajstić information content (AvgIpc) is 2.48. The Hall–Kier alpha value is -2.62. The maximum atomic E-state index is 6.03. The van der Waals surface area contributed by atoms with Crippen LogP contribution < -0.4 is 10.6 Å². The van der Waals surface area contributed by atoms with Crippen LogP contribution in [0.3, 0.4) is 0 Å². The number of nitrogens with zero attached hydrogens (tertiary/aromatic N) is 3. The normalized spacial score (nSPS) is 10.8. The van der Waals surface area contributed by atoms with Crippen molar-refractivity contribution in [1.29, 1.82) is 0 Å². The number of anilines is 2. The Kier molecular flexibility index (Phi) is 3.44. The predicted octanol–water partition coefficient (Wildman–Crippen LogP) is 3.16. The summed E-state index contributed by atoms with van der Waals surface area (Å²) < 4.78 is 0. The summed E-state index contributed by atoms with van der Waals surface area (Å²) in [6.45, 7) is 2.76. The summed E-state index contributed by atoms with van der Waals surface area (Å²) in [5.74, 6) is 0. The van der Waals surface area contributed by atoms with Gasteiger partial charge in [0.15, 0.2) is 0 Å². The smallest absolute Gasteiger partial charge is 0.0600 e. The van der Waals surface area contributed by atoms with E-state index in [1.165, 1.54) is 0 Å². The summed E-state index contributed by atoms with van der Waals surface area (Å²) in [6, 6.07) is 12.1. The summed E-state index contributed by atoms with van der Waals surface area (Å²) in [5.41, 5.74) is 10.00. The second kappa shape index (κ2) is 5.40. The summed E-state index contributed by atoms with van der Waals surface area (Å²) in [5, 5.41) is 2.10. The van der Waals surface area contributed by atoms with Crippen molar-refractivity contribution in [2.75, 3.05) is 17.7 Å². The topological polar surface area (TPSA) is 55.0 Å². The van der Waals surface area contributed by atoms with Crippen molar-refractivity contribution in [2.24, 2.45) is 0 Å². The van der Waals surface area contributed by atoms with Crippen LogP contribution in [-0.2, 0) is 6.54 Å². The van der Waals surface area contributed by atoms with E-state index in [0.29, 0.717) is 0 Å². The molecule has 21 heavy (non-hydrogen) atoms. The number of nitrogens with two attached hydrogens (primary N) is 1. The third kappa shape index (κ3) is 2.65. The van der Waals surface area contributed by atoms with Gasteiger partial charge in [-0.3, -0.25) is 9.97 Å². The van der Waals surface area contributed by atoms with Crippen molar-refractivity contribution < 1.29 is 0 Å². The molecule has 0 aliphatic heterocycles. The highest BCUT2D eigenvalue weighted by Crippen LogP contribution is 2.30. The molecule has 0 fully saturated rings. The molecule has 0 saturated heterocycles. The molecule has 2 N–H and O–H groups in total. The number of hydrogen-bond donors (Lipinski definition) is 1. The van der Waals surface area contributed by atoms with Crippen molar-refractivity contribution in [1.82, 2.24) is 9.97 Å².